The van der Waals surface area contributed by atoms with E-state index in [1.165, 1.54) is 0 Å². The molecule has 2 aliphatic rings. The predicted molar refractivity (Wildman–Crippen MR) is 95.3 cm³/mol. The molecule has 1 saturated carbocycles. The summed E-state index contributed by atoms with van der Waals surface area (Å²) < 4.78 is 10.7. The summed E-state index contributed by atoms with van der Waals surface area (Å²) in [4.78, 5) is 6.47. The van der Waals surface area contributed by atoms with Crippen LogP contribution in [0.5, 0.6) is 0 Å². The fourth-order valence-corrected chi connectivity index (χ4v) is 3.74. The smallest absolute Gasteiger partial charge is 0.193 e. The SMILES string of the molecule is CN=C(NC1C2CCOC2C1(C)C)N(C)Cc1ccon1.I. The number of hydrogen-bond donors (Lipinski definition) is 1. The van der Waals surface area contributed by atoms with Crippen LogP contribution in [0.4, 0.5) is 0 Å². The van der Waals surface area contributed by atoms with E-state index in [4.69, 9.17) is 9.26 Å². The molecule has 3 atom stereocenters. The van der Waals surface area contributed by atoms with Crippen LogP contribution in [0.25, 0.3) is 0 Å². The Labute approximate surface area is 148 Å². The molecule has 1 aromatic heterocycles. The first-order valence-electron chi connectivity index (χ1n) is 7.49. The first-order valence-corrected chi connectivity index (χ1v) is 7.49. The quantitative estimate of drug-likeness (QED) is 0.461. The molecule has 2 heterocycles. The highest BCUT2D eigenvalue weighted by atomic mass is 127. The van der Waals surface area contributed by atoms with Crippen molar-refractivity contribution in [2.24, 2.45) is 16.3 Å². The minimum atomic E-state index is 0. The lowest BCUT2D eigenvalue weighted by molar-refractivity contribution is -0.107. The third kappa shape index (κ3) is 2.97. The van der Waals surface area contributed by atoms with Gasteiger partial charge in [-0.1, -0.05) is 19.0 Å². The number of aromatic nitrogens is 1. The van der Waals surface area contributed by atoms with Crippen molar-refractivity contribution in [3.05, 3.63) is 18.0 Å². The lowest BCUT2D eigenvalue weighted by atomic mass is 9.57. The van der Waals surface area contributed by atoms with Crippen LogP contribution in [0.2, 0.25) is 0 Å². The molecule has 124 valence electrons. The van der Waals surface area contributed by atoms with Gasteiger partial charge in [0.05, 0.1) is 12.6 Å². The van der Waals surface area contributed by atoms with E-state index in [0.717, 1.165) is 24.7 Å². The number of guanidine groups is 1. The molecular formula is C15H25IN4O2. The van der Waals surface area contributed by atoms with Crippen molar-refractivity contribution in [3.8, 4) is 0 Å². The molecule has 3 rings (SSSR count). The Morgan fingerprint density at radius 3 is 2.95 bits per heavy atom. The zero-order valence-electron chi connectivity index (χ0n) is 13.6. The molecule has 1 aliphatic heterocycles. The first kappa shape index (κ1) is 17.5. The summed E-state index contributed by atoms with van der Waals surface area (Å²) >= 11 is 0. The molecule has 6 nitrogen and oxygen atoms in total. The third-order valence-electron chi connectivity index (χ3n) is 4.85. The Bertz CT molecular complexity index is 518. The van der Waals surface area contributed by atoms with Gasteiger partial charge in [-0.15, -0.1) is 24.0 Å². The number of fused-ring (bicyclic) bond motifs is 1. The van der Waals surface area contributed by atoms with Crippen molar-refractivity contribution in [3.63, 3.8) is 0 Å². The molecule has 3 unspecified atom stereocenters. The molecule has 0 bridgehead atoms. The van der Waals surface area contributed by atoms with Crippen molar-refractivity contribution in [1.82, 2.24) is 15.4 Å². The Hall–Kier alpha value is -0.830. The molecule has 0 amide bonds. The summed E-state index contributed by atoms with van der Waals surface area (Å²) in [6.45, 7) is 6.09. The maximum Gasteiger partial charge on any atom is 0.193 e. The van der Waals surface area contributed by atoms with E-state index < -0.39 is 0 Å². The van der Waals surface area contributed by atoms with E-state index in [2.05, 4.69) is 34.2 Å². The Morgan fingerprint density at radius 1 is 1.55 bits per heavy atom. The minimum Gasteiger partial charge on any atom is -0.377 e. The fraction of sp³-hybridized carbons (Fsp3) is 0.733. The summed E-state index contributed by atoms with van der Waals surface area (Å²) in [7, 11) is 3.83. The molecule has 1 saturated heterocycles. The summed E-state index contributed by atoms with van der Waals surface area (Å²) in [5.74, 6) is 1.48. The van der Waals surface area contributed by atoms with Gasteiger partial charge < -0.3 is 19.5 Å². The average Bonchev–Trinajstić information content (AvgIpc) is 3.09. The van der Waals surface area contributed by atoms with Crippen LogP contribution in [0.1, 0.15) is 26.0 Å². The van der Waals surface area contributed by atoms with E-state index in [1.807, 2.05) is 20.2 Å². The fourth-order valence-electron chi connectivity index (χ4n) is 3.74. The van der Waals surface area contributed by atoms with Crippen LogP contribution in [0.3, 0.4) is 0 Å². The number of hydrogen-bond acceptors (Lipinski definition) is 4. The summed E-state index contributed by atoms with van der Waals surface area (Å²) in [6.07, 6.45) is 3.11. The summed E-state index contributed by atoms with van der Waals surface area (Å²) in [6, 6.07) is 2.28. The largest absolute Gasteiger partial charge is 0.377 e. The normalized spacial score (nSPS) is 29.3. The van der Waals surface area contributed by atoms with Crippen molar-refractivity contribution < 1.29 is 9.26 Å². The van der Waals surface area contributed by atoms with Gasteiger partial charge in [-0.25, -0.2) is 0 Å². The van der Waals surface area contributed by atoms with E-state index in [-0.39, 0.29) is 29.4 Å². The van der Waals surface area contributed by atoms with E-state index in [0.29, 0.717) is 24.6 Å². The maximum absolute atomic E-state index is 5.84. The summed E-state index contributed by atoms with van der Waals surface area (Å²) in [5, 5.41) is 7.56. The van der Waals surface area contributed by atoms with Crippen LogP contribution in [0, 0.1) is 11.3 Å². The highest BCUT2D eigenvalue weighted by molar-refractivity contribution is 14.0. The van der Waals surface area contributed by atoms with Gasteiger partial charge in [0.15, 0.2) is 5.96 Å². The predicted octanol–water partition coefficient (Wildman–Crippen LogP) is 2.11. The number of halogens is 1. The first-order chi connectivity index (χ1) is 10.0. The van der Waals surface area contributed by atoms with Gasteiger partial charge in [-0.2, -0.15) is 0 Å². The summed E-state index contributed by atoms with van der Waals surface area (Å²) in [5.41, 5.74) is 1.04. The van der Waals surface area contributed by atoms with Crippen LogP contribution in [-0.4, -0.2) is 48.9 Å². The number of nitrogens with zero attached hydrogens (tertiary/aromatic N) is 3. The zero-order valence-corrected chi connectivity index (χ0v) is 15.9. The highest BCUT2D eigenvalue weighted by Crippen LogP contribution is 2.52. The van der Waals surface area contributed by atoms with Crippen LogP contribution in [0.15, 0.2) is 21.8 Å². The van der Waals surface area contributed by atoms with Crippen molar-refractivity contribution in [2.45, 2.75) is 39.0 Å². The van der Waals surface area contributed by atoms with Gasteiger partial charge in [-0.3, -0.25) is 4.99 Å². The lowest BCUT2D eigenvalue weighted by Gasteiger charge is -2.55. The van der Waals surface area contributed by atoms with Crippen molar-refractivity contribution >= 4 is 29.9 Å². The maximum atomic E-state index is 5.84. The average molecular weight is 420 g/mol. The molecule has 1 N–H and O–H groups in total. The molecule has 1 aliphatic carbocycles. The monoisotopic (exact) mass is 420 g/mol. The second-order valence-corrected chi connectivity index (χ2v) is 6.58. The highest BCUT2D eigenvalue weighted by Gasteiger charge is 2.59. The van der Waals surface area contributed by atoms with E-state index in [9.17, 15) is 0 Å². The molecule has 0 aromatic carbocycles. The molecular weight excluding hydrogens is 395 g/mol. The standard InChI is InChI=1S/C15H24N4O2.HI/c1-15(2)12(11-6-7-20-13(11)15)17-14(16-3)19(4)9-10-5-8-21-18-10;/h5,8,11-13H,6-7,9H2,1-4H3,(H,16,17);1H. The molecule has 7 heteroatoms. The zero-order chi connectivity index (χ0) is 15.0. The Morgan fingerprint density at radius 2 is 2.32 bits per heavy atom. The molecule has 2 fully saturated rings. The lowest BCUT2D eigenvalue weighted by Crippen LogP contribution is -2.67. The van der Waals surface area contributed by atoms with Crippen LogP contribution < -0.4 is 5.32 Å². The number of ether oxygens (including phenoxy) is 1. The molecule has 0 spiro atoms. The van der Waals surface area contributed by atoms with Crippen molar-refractivity contribution in [2.75, 3.05) is 20.7 Å². The third-order valence-corrected chi connectivity index (χ3v) is 4.85. The van der Waals surface area contributed by atoms with Crippen LogP contribution in [-0.2, 0) is 11.3 Å². The second kappa shape index (κ2) is 6.74. The molecule has 1 aromatic rings. The van der Waals surface area contributed by atoms with E-state index >= 15 is 0 Å². The van der Waals surface area contributed by atoms with Crippen molar-refractivity contribution in [1.29, 1.82) is 0 Å². The second-order valence-electron chi connectivity index (χ2n) is 6.58. The number of rotatable bonds is 3. The Kier molecular flexibility index (Phi) is 5.37. The topological polar surface area (TPSA) is 62.9 Å². The Balaban J connectivity index is 0.00000176. The molecule has 0 radical (unpaired) electrons. The van der Waals surface area contributed by atoms with Gasteiger partial charge in [0.2, 0.25) is 0 Å². The number of nitrogens with one attached hydrogen (secondary N) is 1. The van der Waals surface area contributed by atoms with Gasteiger partial charge in [0.1, 0.15) is 12.0 Å². The molecule has 22 heavy (non-hydrogen) atoms. The van der Waals surface area contributed by atoms with Gasteiger partial charge >= 0.3 is 0 Å². The van der Waals surface area contributed by atoms with E-state index in [1.54, 1.807) is 6.26 Å². The van der Waals surface area contributed by atoms with Crippen LogP contribution >= 0.6 is 24.0 Å². The number of aliphatic imine (C=N–C) groups is 1. The van der Waals surface area contributed by atoms with Gasteiger partial charge in [0.25, 0.3) is 0 Å². The minimum absolute atomic E-state index is 0. The van der Waals surface area contributed by atoms with Gasteiger partial charge in [-0.05, 0) is 6.42 Å². The van der Waals surface area contributed by atoms with Gasteiger partial charge in [0, 0.05) is 44.1 Å².